The minimum atomic E-state index is -0.131. The van der Waals surface area contributed by atoms with Crippen LogP contribution in [0.1, 0.15) is 29.6 Å². The monoisotopic (exact) mass is 284 g/mol. The van der Waals surface area contributed by atoms with Gasteiger partial charge in [-0.2, -0.15) is 5.10 Å². The molecule has 0 aliphatic carbocycles. The third-order valence-corrected chi connectivity index (χ3v) is 3.81. The predicted octanol–water partition coefficient (Wildman–Crippen LogP) is 2.66. The highest BCUT2D eigenvalue weighted by atomic mass is 16.1. The van der Waals surface area contributed by atoms with E-state index in [1.165, 1.54) is 24.9 Å². The summed E-state index contributed by atoms with van der Waals surface area (Å²) in [6.45, 7) is 2.25. The third-order valence-electron chi connectivity index (χ3n) is 3.81. The zero-order valence-electron chi connectivity index (χ0n) is 12.2. The maximum atomic E-state index is 12.0. The molecule has 2 heterocycles. The van der Waals surface area contributed by atoms with Crippen LogP contribution in [0, 0.1) is 0 Å². The molecule has 0 radical (unpaired) electrons. The van der Waals surface area contributed by atoms with E-state index in [0.717, 1.165) is 18.8 Å². The molecule has 1 amide bonds. The second kappa shape index (κ2) is 5.99. The molecular formula is C16H20N4O. The number of aryl methyl sites for hydroxylation is 1. The topological polar surface area (TPSA) is 50.2 Å². The second-order valence-electron chi connectivity index (χ2n) is 5.45. The Bertz CT molecular complexity index is 611. The molecular weight excluding hydrogens is 264 g/mol. The molecule has 0 unspecified atom stereocenters. The van der Waals surface area contributed by atoms with Crippen molar-refractivity contribution in [2.75, 3.05) is 23.3 Å². The van der Waals surface area contributed by atoms with E-state index in [1.807, 2.05) is 12.1 Å². The van der Waals surface area contributed by atoms with Crippen molar-refractivity contribution in [3.8, 4) is 0 Å². The summed E-state index contributed by atoms with van der Waals surface area (Å²) >= 11 is 0. The Balaban J connectivity index is 1.65. The van der Waals surface area contributed by atoms with E-state index in [1.54, 1.807) is 24.1 Å². The van der Waals surface area contributed by atoms with Crippen molar-refractivity contribution in [3.05, 3.63) is 42.2 Å². The molecule has 1 aliphatic heterocycles. The number of nitrogens with one attached hydrogen (secondary N) is 1. The first kappa shape index (κ1) is 13.7. The third kappa shape index (κ3) is 3.24. The molecule has 110 valence electrons. The molecule has 5 heteroatoms. The number of rotatable bonds is 3. The summed E-state index contributed by atoms with van der Waals surface area (Å²) < 4.78 is 1.62. The standard InChI is InChI=1S/C16H20N4O/c1-19-12-13(11-17-19)16(21)18-14-5-7-15(8-6-14)20-9-3-2-4-10-20/h5-8,11-12H,2-4,9-10H2,1H3,(H,18,21). The SMILES string of the molecule is Cn1cc(C(=O)Nc2ccc(N3CCCCC3)cc2)cn1. The van der Waals surface area contributed by atoms with Crippen molar-refractivity contribution in [2.45, 2.75) is 19.3 Å². The fraction of sp³-hybridized carbons (Fsp3) is 0.375. The lowest BCUT2D eigenvalue weighted by atomic mass is 10.1. The number of carbonyl (C=O) groups excluding carboxylic acids is 1. The molecule has 21 heavy (non-hydrogen) atoms. The molecule has 1 aromatic carbocycles. The van der Waals surface area contributed by atoms with E-state index in [0.29, 0.717) is 5.56 Å². The zero-order valence-corrected chi connectivity index (χ0v) is 12.2. The van der Waals surface area contributed by atoms with E-state index >= 15 is 0 Å². The predicted molar refractivity (Wildman–Crippen MR) is 83.7 cm³/mol. The normalized spacial score (nSPS) is 15.0. The van der Waals surface area contributed by atoms with Crippen LogP contribution in [0.3, 0.4) is 0 Å². The summed E-state index contributed by atoms with van der Waals surface area (Å²) in [5.41, 5.74) is 2.61. The molecule has 1 aromatic heterocycles. The molecule has 0 spiro atoms. The van der Waals surface area contributed by atoms with Crippen LogP contribution in [0.5, 0.6) is 0 Å². The van der Waals surface area contributed by atoms with E-state index in [9.17, 15) is 4.79 Å². The summed E-state index contributed by atoms with van der Waals surface area (Å²) in [7, 11) is 1.80. The van der Waals surface area contributed by atoms with E-state index in [2.05, 4.69) is 27.4 Å². The number of hydrogen-bond donors (Lipinski definition) is 1. The number of amides is 1. The van der Waals surface area contributed by atoms with Gasteiger partial charge in [0.15, 0.2) is 0 Å². The average molecular weight is 284 g/mol. The Hall–Kier alpha value is -2.30. The Morgan fingerprint density at radius 2 is 1.86 bits per heavy atom. The van der Waals surface area contributed by atoms with Gasteiger partial charge in [-0.15, -0.1) is 0 Å². The summed E-state index contributed by atoms with van der Waals surface area (Å²) in [5, 5.41) is 6.89. The number of anilines is 2. The van der Waals surface area contributed by atoms with Crippen LogP contribution in [0.25, 0.3) is 0 Å². The van der Waals surface area contributed by atoms with Crippen LogP contribution in [-0.4, -0.2) is 28.8 Å². The molecule has 1 fully saturated rings. The zero-order chi connectivity index (χ0) is 14.7. The first-order chi connectivity index (χ1) is 10.2. The summed E-state index contributed by atoms with van der Waals surface area (Å²) in [5.74, 6) is -0.131. The van der Waals surface area contributed by atoms with E-state index < -0.39 is 0 Å². The van der Waals surface area contributed by atoms with Crippen LogP contribution >= 0.6 is 0 Å². The van der Waals surface area contributed by atoms with Gasteiger partial charge in [-0.3, -0.25) is 9.48 Å². The van der Waals surface area contributed by atoms with Crippen molar-refractivity contribution in [1.29, 1.82) is 0 Å². The highest BCUT2D eigenvalue weighted by Crippen LogP contribution is 2.22. The maximum Gasteiger partial charge on any atom is 0.258 e. The molecule has 0 bridgehead atoms. The largest absolute Gasteiger partial charge is 0.372 e. The van der Waals surface area contributed by atoms with Gasteiger partial charge in [0, 0.05) is 37.7 Å². The first-order valence-electron chi connectivity index (χ1n) is 7.37. The summed E-state index contributed by atoms with van der Waals surface area (Å²) in [4.78, 5) is 14.4. The highest BCUT2D eigenvalue weighted by molar-refractivity contribution is 6.03. The Kier molecular flexibility index (Phi) is 3.90. The van der Waals surface area contributed by atoms with E-state index in [-0.39, 0.29) is 5.91 Å². The number of hydrogen-bond acceptors (Lipinski definition) is 3. The van der Waals surface area contributed by atoms with Crippen molar-refractivity contribution in [3.63, 3.8) is 0 Å². The Morgan fingerprint density at radius 1 is 1.14 bits per heavy atom. The number of nitrogens with zero attached hydrogens (tertiary/aromatic N) is 3. The number of aromatic nitrogens is 2. The van der Waals surface area contributed by atoms with Gasteiger partial charge in [0.2, 0.25) is 0 Å². The molecule has 3 rings (SSSR count). The van der Waals surface area contributed by atoms with Gasteiger partial charge < -0.3 is 10.2 Å². The van der Waals surface area contributed by atoms with Gasteiger partial charge in [0.1, 0.15) is 0 Å². The van der Waals surface area contributed by atoms with Gasteiger partial charge in [-0.25, -0.2) is 0 Å². The number of carbonyl (C=O) groups is 1. The Labute approximate surface area is 124 Å². The van der Waals surface area contributed by atoms with Gasteiger partial charge in [0.05, 0.1) is 11.8 Å². The fourth-order valence-corrected chi connectivity index (χ4v) is 2.65. The molecule has 2 aromatic rings. The summed E-state index contributed by atoms with van der Waals surface area (Å²) in [6, 6.07) is 8.06. The van der Waals surface area contributed by atoms with Crippen molar-refractivity contribution in [1.82, 2.24) is 9.78 Å². The maximum absolute atomic E-state index is 12.0. The van der Waals surface area contributed by atoms with E-state index in [4.69, 9.17) is 0 Å². The molecule has 1 saturated heterocycles. The smallest absolute Gasteiger partial charge is 0.258 e. The quantitative estimate of drug-likeness (QED) is 0.942. The lowest BCUT2D eigenvalue weighted by molar-refractivity contribution is 0.102. The highest BCUT2D eigenvalue weighted by Gasteiger charge is 2.11. The molecule has 0 saturated carbocycles. The lowest BCUT2D eigenvalue weighted by Crippen LogP contribution is -2.29. The van der Waals surface area contributed by atoms with Crippen LogP contribution in [-0.2, 0) is 7.05 Å². The van der Waals surface area contributed by atoms with Gasteiger partial charge >= 0.3 is 0 Å². The van der Waals surface area contributed by atoms with Crippen molar-refractivity contribution in [2.24, 2.45) is 7.05 Å². The average Bonchev–Trinajstić information content (AvgIpc) is 2.96. The molecule has 1 N–H and O–H groups in total. The lowest BCUT2D eigenvalue weighted by Gasteiger charge is -2.28. The minimum Gasteiger partial charge on any atom is -0.372 e. The second-order valence-corrected chi connectivity index (χ2v) is 5.45. The van der Waals surface area contributed by atoms with Gasteiger partial charge in [-0.05, 0) is 43.5 Å². The molecule has 0 atom stereocenters. The summed E-state index contributed by atoms with van der Waals surface area (Å²) in [6.07, 6.45) is 7.13. The molecule has 1 aliphatic rings. The van der Waals surface area contributed by atoms with Gasteiger partial charge in [-0.1, -0.05) is 0 Å². The van der Waals surface area contributed by atoms with Crippen LogP contribution < -0.4 is 10.2 Å². The number of benzene rings is 1. The fourth-order valence-electron chi connectivity index (χ4n) is 2.65. The van der Waals surface area contributed by atoms with Crippen LogP contribution in [0.15, 0.2) is 36.7 Å². The Morgan fingerprint density at radius 3 is 2.48 bits per heavy atom. The van der Waals surface area contributed by atoms with Crippen molar-refractivity contribution < 1.29 is 4.79 Å². The first-order valence-corrected chi connectivity index (χ1v) is 7.37. The van der Waals surface area contributed by atoms with Crippen molar-refractivity contribution >= 4 is 17.3 Å². The minimum absolute atomic E-state index is 0.131. The molecule has 5 nitrogen and oxygen atoms in total. The van der Waals surface area contributed by atoms with Crippen LogP contribution in [0.2, 0.25) is 0 Å². The number of piperidine rings is 1. The van der Waals surface area contributed by atoms with Gasteiger partial charge in [0.25, 0.3) is 5.91 Å². The van der Waals surface area contributed by atoms with Crippen LogP contribution in [0.4, 0.5) is 11.4 Å².